The van der Waals surface area contributed by atoms with Gasteiger partial charge in [-0.3, -0.25) is 9.78 Å². The highest BCUT2D eigenvalue weighted by Crippen LogP contribution is 2.30. The summed E-state index contributed by atoms with van der Waals surface area (Å²) >= 11 is 0. The molecule has 1 amide bonds. The quantitative estimate of drug-likeness (QED) is 0.697. The summed E-state index contributed by atoms with van der Waals surface area (Å²) < 4.78 is 18.9. The number of pyridine rings is 1. The second-order valence-corrected chi connectivity index (χ2v) is 5.45. The zero-order valence-corrected chi connectivity index (χ0v) is 15.4. The molecule has 0 atom stereocenters. The van der Waals surface area contributed by atoms with Crippen LogP contribution in [0.15, 0.2) is 55.1 Å². The molecule has 0 spiro atoms. The van der Waals surface area contributed by atoms with E-state index in [-0.39, 0.29) is 24.7 Å². The molecule has 0 aliphatic carbocycles. The fourth-order valence-electron chi connectivity index (χ4n) is 2.43. The first kappa shape index (κ1) is 20.3. The van der Waals surface area contributed by atoms with Crippen molar-refractivity contribution >= 4 is 24.1 Å². The summed E-state index contributed by atoms with van der Waals surface area (Å²) in [5.41, 5.74) is 1.95. The summed E-state index contributed by atoms with van der Waals surface area (Å²) in [6.45, 7) is 2.22. The Morgan fingerprint density at radius 3 is 2.81 bits per heavy atom. The first-order valence-electron chi connectivity index (χ1n) is 8.09. The number of carbonyl (C=O) groups excluding carboxylic acids is 1. The van der Waals surface area contributed by atoms with E-state index in [1.165, 1.54) is 18.5 Å². The average Bonchev–Trinajstić information content (AvgIpc) is 2.63. The van der Waals surface area contributed by atoms with Crippen molar-refractivity contribution in [3.05, 3.63) is 66.5 Å². The van der Waals surface area contributed by atoms with Crippen LogP contribution in [-0.4, -0.2) is 27.5 Å². The van der Waals surface area contributed by atoms with Gasteiger partial charge in [-0.25, -0.2) is 14.4 Å². The summed E-state index contributed by atoms with van der Waals surface area (Å²) in [5.74, 6) is 0.137. The topological polar surface area (TPSA) is 77.0 Å². The van der Waals surface area contributed by atoms with E-state index in [2.05, 4.69) is 20.3 Å². The molecule has 0 fully saturated rings. The van der Waals surface area contributed by atoms with Crippen LogP contribution in [0.3, 0.4) is 0 Å². The smallest absolute Gasteiger partial charge is 0.230 e. The molecule has 0 unspecified atom stereocenters. The Bertz CT molecular complexity index is 909. The Morgan fingerprint density at radius 1 is 1.22 bits per heavy atom. The van der Waals surface area contributed by atoms with Gasteiger partial charge in [0.2, 0.25) is 5.91 Å². The van der Waals surface area contributed by atoms with E-state index in [4.69, 9.17) is 4.74 Å². The molecule has 27 heavy (non-hydrogen) atoms. The lowest BCUT2D eigenvalue weighted by Crippen LogP contribution is -2.15. The van der Waals surface area contributed by atoms with Gasteiger partial charge in [-0.15, -0.1) is 12.4 Å². The van der Waals surface area contributed by atoms with E-state index in [1.54, 1.807) is 30.6 Å². The third-order valence-corrected chi connectivity index (χ3v) is 3.54. The van der Waals surface area contributed by atoms with Crippen LogP contribution in [0.5, 0.6) is 5.75 Å². The molecule has 0 aliphatic rings. The largest absolute Gasteiger partial charge is 0.493 e. The predicted octanol–water partition coefficient (Wildman–Crippen LogP) is 3.68. The van der Waals surface area contributed by atoms with Gasteiger partial charge >= 0.3 is 0 Å². The maximum absolute atomic E-state index is 13.5. The van der Waals surface area contributed by atoms with Gasteiger partial charge in [0.15, 0.2) is 0 Å². The number of anilines is 1. The number of carbonyl (C=O) groups is 1. The molecule has 0 aliphatic heterocycles. The SMILES string of the molecule is CCOc1cc(F)ccc1-c1cc(NC(=O)Cc2cccnc2)ncn1.Cl. The zero-order valence-electron chi connectivity index (χ0n) is 14.6. The van der Waals surface area contributed by atoms with Crippen LogP contribution in [0.1, 0.15) is 12.5 Å². The van der Waals surface area contributed by atoms with Crippen LogP contribution in [0.2, 0.25) is 0 Å². The number of hydrogen-bond acceptors (Lipinski definition) is 5. The van der Waals surface area contributed by atoms with E-state index < -0.39 is 5.82 Å². The number of benzene rings is 1. The summed E-state index contributed by atoms with van der Waals surface area (Å²) in [4.78, 5) is 24.4. The van der Waals surface area contributed by atoms with Gasteiger partial charge in [0.25, 0.3) is 0 Å². The van der Waals surface area contributed by atoms with Gasteiger partial charge in [-0.05, 0) is 30.7 Å². The Labute approximate surface area is 162 Å². The van der Waals surface area contributed by atoms with Crippen LogP contribution in [-0.2, 0) is 11.2 Å². The fraction of sp³-hybridized carbons (Fsp3) is 0.158. The molecule has 3 rings (SSSR count). The molecule has 1 aromatic carbocycles. The monoisotopic (exact) mass is 388 g/mol. The van der Waals surface area contributed by atoms with Crippen molar-refractivity contribution in [3.63, 3.8) is 0 Å². The molecule has 0 saturated heterocycles. The predicted molar refractivity (Wildman–Crippen MR) is 102 cm³/mol. The molecule has 140 valence electrons. The summed E-state index contributed by atoms with van der Waals surface area (Å²) in [6, 6.07) is 9.45. The number of ether oxygens (including phenoxy) is 1. The van der Waals surface area contributed by atoms with Crippen molar-refractivity contribution in [1.29, 1.82) is 0 Å². The second-order valence-electron chi connectivity index (χ2n) is 5.45. The van der Waals surface area contributed by atoms with Crippen molar-refractivity contribution in [2.45, 2.75) is 13.3 Å². The molecule has 2 heterocycles. The standard InChI is InChI=1S/C19H17FN4O2.ClH/c1-2-26-17-9-14(20)5-6-15(17)16-10-18(23-12-22-16)24-19(25)8-13-4-3-7-21-11-13;/h3-7,9-12H,2,8H2,1H3,(H,22,23,24,25);1H. The molecule has 2 aromatic heterocycles. The van der Waals surface area contributed by atoms with Crippen LogP contribution < -0.4 is 10.1 Å². The zero-order chi connectivity index (χ0) is 18.4. The number of halogens is 2. The molecular formula is C19H18ClFN4O2. The number of nitrogens with one attached hydrogen (secondary N) is 1. The number of nitrogens with zero attached hydrogens (tertiary/aromatic N) is 3. The average molecular weight is 389 g/mol. The lowest BCUT2D eigenvalue weighted by atomic mass is 10.1. The highest BCUT2D eigenvalue weighted by atomic mass is 35.5. The van der Waals surface area contributed by atoms with Crippen LogP contribution in [0, 0.1) is 5.82 Å². The molecule has 0 saturated carbocycles. The van der Waals surface area contributed by atoms with Gasteiger partial charge in [0.1, 0.15) is 23.7 Å². The van der Waals surface area contributed by atoms with Crippen LogP contribution >= 0.6 is 12.4 Å². The minimum absolute atomic E-state index is 0. The van der Waals surface area contributed by atoms with Crippen molar-refractivity contribution in [2.24, 2.45) is 0 Å². The van der Waals surface area contributed by atoms with E-state index in [1.807, 2.05) is 13.0 Å². The summed E-state index contributed by atoms with van der Waals surface area (Å²) in [6.07, 6.45) is 4.82. The first-order valence-corrected chi connectivity index (χ1v) is 8.09. The van der Waals surface area contributed by atoms with Crippen molar-refractivity contribution in [2.75, 3.05) is 11.9 Å². The highest BCUT2D eigenvalue weighted by Gasteiger charge is 2.11. The maximum Gasteiger partial charge on any atom is 0.230 e. The lowest BCUT2D eigenvalue weighted by Gasteiger charge is -2.11. The molecule has 1 N–H and O–H groups in total. The number of rotatable bonds is 6. The minimum atomic E-state index is -0.392. The first-order chi connectivity index (χ1) is 12.7. The fourth-order valence-corrected chi connectivity index (χ4v) is 2.43. The molecule has 0 radical (unpaired) electrons. The normalized spacial score (nSPS) is 10.0. The van der Waals surface area contributed by atoms with Crippen LogP contribution in [0.25, 0.3) is 11.3 Å². The lowest BCUT2D eigenvalue weighted by molar-refractivity contribution is -0.115. The third kappa shape index (κ3) is 5.46. The van der Waals surface area contributed by atoms with Gasteiger partial charge in [-0.1, -0.05) is 6.07 Å². The van der Waals surface area contributed by atoms with Gasteiger partial charge in [0, 0.05) is 30.1 Å². The van der Waals surface area contributed by atoms with Crippen molar-refractivity contribution in [1.82, 2.24) is 15.0 Å². The molecule has 8 heteroatoms. The Kier molecular flexibility index (Phi) is 7.19. The molecular weight excluding hydrogens is 371 g/mol. The Balaban J connectivity index is 0.00000261. The molecule has 0 bridgehead atoms. The Hall–Kier alpha value is -3.06. The highest BCUT2D eigenvalue weighted by molar-refractivity contribution is 5.91. The summed E-state index contributed by atoms with van der Waals surface area (Å²) in [7, 11) is 0. The van der Waals surface area contributed by atoms with Gasteiger partial charge in [0.05, 0.1) is 18.7 Å². The summed E-state index contributed by atoms with van der Waals surface area (Å²) in [5, 5.41) is 2.73. The van der Waals surface area contributed by atoms with E-state index >= 15 is 0 Å². The maximum atomic E-state index is 13.5. The third-order valence-electron chi connectivity index (χ3n) is 3.54. The Morgan fingerprint density at radius 2 is 2.07 bits per heavy atom. The van der Waals surface area contributed by atoms with Gasteiger partial charge < -0.3 is 10.1 Å². The van der Waals surface area contributed by atoms with E-state index in [0.29, 0.717) is 29.4 Å². The van der Waals surface area contributed by atoms with Gasteiger partial charge in [-0.2, -0.15) is 0 Å². The van der Waals surface area contributed by atoms with Crippen LogP contribution in [0.4, 0.5) is 10.2 Å². The molecule has 3 aromatic rings. The number of aromatic nitrogens is 3. The van der Waals surface area contributed by atoms with Crippen molar-refractivity contribution < 1.29 is 13.9 Å². The van der Waals surface area contributed by atoms with E-state index in [0.717, 1.165) is 5.56 Å². The second kappa shape index (κ2) is 9.59. The number of hydrogen-bond donors (Lipinski definition) is 1. The minimum Gasteiger partial charge on any atom is -0.493 e. The van der Waals surface area contributed by atoms with E-state index in [9.17, 15) is 9.18 Å². The number of amides is 1. The molecule has 6 nitrogen and oxygen atoms in total. The van der Waals surface area contributed by atoms with Crippen molar-refractivity contribution in [3.8, 4) is 17.0 Å².